The lowest BCUT2D eigenvalue weighted by Gasteiger charge is -2.40. The number of carbonyl (C=O) groups excluding carboxylic acids is 2. The summed E-state index contributed by atoms with van der Waals surface area (Å²) in [5.74, 6) is 0.573. The Balaban J connectivity index is 2.44. The number of hydrogen-bond acceptors (Lipinski definition) is 4. The van der Waals surface area contributed by atoms with E-state index in [2.05, 4.69) is 20.8 Å². The second kappa shape index (κ2) is 6.67. The summed E-state index contributed by atoms with van der Waals surface area (Å²) in [6.45, 7) is 7.99. The SMILES string of the molecule is COC(=O)C1=CC2C(=C(C)CCC2C(C)C)CC1OC(C)=O. The predicted octanol–water partition coefficient (Wildman–Crippen LogP) is 3.42. The van der Waals surface area contributed by atoms with Crippen LogP contribution < -0.4 is 0 Å². The molecule has 2 rings (SSSR count). The molecule has 0 radical (unpaired) electrons. The summed E-state index contributed by atoms with van der Waals surface area (Å²) >= 11 is 0. The van der Waals surface area contributed by atoms with Gasteiger partial charge in [-0.25, -0.2) is 4.79 Å². The summed E-state index contributed by atoms with van der Waals surface area (Å²) in [7, 11) is 1.37. The van der Waals surface area contributed by atoms with Gasteiger partial charge in [0.2, 0.25) is 0 Å². The van der Waals surface area contributed by atoms with Gasteiger partial charge in [0.05, 0.1) is 12.7 Å². The quantitative estimate of drug-likeness (QED) is 0.592. The van der Waals surface area contributed by atoms with Gasteiger partial charge in [-0.2, -0.15) is 0 Å². The van der Waals surface area contributed by atoms with Gasteiger partial charge < -0.3 is 9.47 Å². The smallest absolute Gasteiger partial charge is 0.337 e. The van der Waals surface area contributed by atoms with Gasteiger partial charge in [-0.3, -0.25) is 4.79 Å². The van der Waals surface area contributed by atoms with Crippen LogP contribution in [0.4, 0.5) is 0 Å². The highest BCUT2D eigenvalue weighted by atomic mass is 16.6. The maximum absolute atomic E-state index is 12.1. The number of ether oxygens (including phenoxy) is 2. The van der Waals surface area contributed by atoms with E-state index in [-0.39, 0.29) is 11.9 Å². The molecule has 0 bridgehead atoms. The number of methoxy groups -OCH3 is 1. The highest BCUT2D eigenvalue weighted by molar-refractivity contribution is 5.90. The molecule has 0 fully saturated rings. The van der Waals surface area contributed by atoms with Gasteiger partial charge in [0, 0.05) is 19.3 Å². The summed E-state index contributed by atoms with van der Waals surface area (Å²) in [6.07, 6.45) is 4.31. The number of hydrogen-bond donors (Lipinski definition) is 0. The maximum Gasteiger partial charge on any atom is 0.337 e. The van der Waals surface area contributed by atoms with E-state index in [1.165, 1.54) is 25.2 Å². The lowest BCUT2D eigenvalue weighted by Crippen LogP contribution is -2.35. The third-order valence-corrected chi connectivity index (χ3v) is 4.96. The van der Waals surface area contributed by atoms with Gasteiger partial charge >= 0.3 is 11.9 Å². The second-order valence-electron chi connectivity index (χ2n) is 6.69. The van der Waals surface area contributed by atoms with Crippen molar-refractivity contribution in [2.45, 2.75) is 53.1 Å². The average Bonchev–Trinajstić information content (AvgIpc) is 2.45. The van der Waals surface area contributed by atoms with Crippen LogP contribution in [0.5, 0.6) is 0 Å². The lowest BCUT2D eigenvalue weighted by molar-refractivity contribution is -0.147. The molecule has 0 saturated heterocycles. The molecule has 0 aromatic carbocycles. The fourth-order valence-corrected chi connectivity index (χ4v) is 3.78. The van der Waals surface area contributed by atoms with Crippen LogP contribution in [0.1, 0.15) is 47.0 Å². The molecule has 0 amide bonds. The minimum absolute atomic E-state index is 0.259. The average molecular weight is 306 g/mol. The van der Waals surface area contributed by atoms with E-state index in [4.69, 9.17) is 9.47 Å². The van der Waals surface area contributed by atoms with Crippen LogP contribution in [-0.2, 0) is 19.1 Å². The molecule has 2 aliphatic carbocycles. The number of carbonyl (C=O) groups is 2. The molecule has 4 heteroatoms. The predicted molar refractivity (Wildman–Crippen MR) is 84.0 cm³/mol. The van der Waals surface area contributed by atoms with Crippen LogP contribution in [0.3, 0.4) is 0 Å². The minimum Gasteiger partial charge on any atom is -0.466 e. The third-order valence-electron chi connectivity index (χ3n) is 4.96. The van der Waals surface area contributed by atoms with Crippen molar-refractivity contribution < 1.29 is 19.1 Å². The van der Waals surface area contributed by atoms with Crippen LogP contribution in [0, 0.1) is 17.8 Å². The molecular formula is C18H26O4. The molecule has 0 spiro atoms. The third kappa shape index (κ3) is 3.26. The van der Waals surface area contributed by atoms with E-state index in [1.807, 2.05) is 6.08 Å². The summed E-state index contributed by atoms with van der Waals surface area (Å²) in [6, 6.07) is 0. The van der Waals surface area contributed by atoms with Gasteiger partial charge in [-0.1, -0.05) is 31.1 Å². The Morgan fingerprint density at radius 2 is 2.00 bits per heavy atom. The Labute approximate surface area is 132 Å². The van der Waals surface area contributed by atoms with Crippen molar-refractivity contribution in [1.82, 2.24) is 0 Å². The van der Waals surface area contributed by atoms with Gasteiger partial charge in [-0.05, 0) is 31.6 Å². The number of allylic oxidation sites excluding steroid dienone is 2. The molecule has 0 N–H and O–H groups in total. The molecule has 0 saturated carbocycles. The zero-order valence-electron chi connectivity index (χ0n) is 14.1. The fourth-order valence-electron chi connectivity index (χ4n) is 3.78. The first-order valence-corrected chi connectivity index (χ1v) is 8.00. The van der Waals surface area contributed by atoms with Crippen molar-refractivity contribution in [2.24, 2.45) is 17.8 Å². The molecule has 0 aromatic rings. The summed E-state index contributed by atoms with van der Waals surface area (Å²) in [5, 5.41) is 0. The zero-order chi connectivity index (χ0) is 16.4. The number of rotatable bonds is 3. The maximum atomic E-state index is 12.1. The lowest BCUT2D eigenvalue weighted by atomic mass is 9.66. The fraction of sp³-hybridized carbons (Fsp3) is 0.667. The Morgan fingerprint density at radius 1 is 1.32 bits per heavy atom. The first kappa shape index (κ1) is 16.8. The van der Waals surface area contributed by atoms with E-state index >= 15 is 0 Å². The largest absolute Gasteiger partial charge is 0.466 e. The van der Waals surface area contributed by atoms with Crippen molar-refractivity contribution in [3.63, 3.8) is 0 Å². The molecule has 4 nitrogen and oxygen atoms in total. The Bertz CT molecular complexity index is 527. The van der Waals surface area contributed by atoms with Crippen molar-refractivity contribution >= 4 is 11.9 Å². The Hall–Kier alpha value is -1.58. The van der Waals surface area contributed by atoms with E-state index in [1.54, 1.807) is 0 Å². The van der Waals surface area contributed by atoms with Gasteiger partial charge in [-0.15, -0.1) is 0 Å². The summed E-state index contributed by atoms with van der Waals surface area (Å²) < 4.78 is 10.3. The van der Waals surface area contributed by atoms with Crippen LogP contribution in [-0.4, -0.2) is 25.2 Å². The first-order valence-electron chi connectivity index (χ1n) is 8.00. The number of esters is 2. The Kier molecular flexibility index (Phi) is 5.09. The second-order valence-corrected chi connectivity index (χ2v) is 6.69. The molecule has 122 valence electrons. The summed E-state index contributed by atoms with van der Waals surface area (Å²) in [4.78, 5) is 23.5. The first-order chi connectivity index (χ1) is 10.3. The minimum atomic E-state index is -0.517. The van der Waals surface area contributed by atoms with Gasteiger partial charge in [0.1, 0.15) is 6.10 Å². The Morgan fingerprint density at radius 3 is 2.55 bits per heavy atom. The highest BCUT2D eigenvalue weighted by Crippen LogP contribution is 2.45. The summed E-state index contributed by atoms with van der Waals surface area (Å²) in [5.41, 5.74) is 3.20. The standard InChI is InChI=1S/C18H26O4/c1-10(2)13-7-6-11(3)14-9-17(22-12(4)19)16(8-15(13)14)18(20)21-5/h8,10,13,15,17H,6-7,9H2,1-5H3. The van der Waals surface area contributed by atoms with Crippen molar-refractivity contribution in [1.29, 1.82) is 0 Å². The zero-order valence-corrected chi connectivity index (χ0v) is 14.1. The van der Waals surface area contributed by atoms with E-state index in [0.29, 0.717) is 23.8 Å². The van der Waals surface area contributed by atoms with E-state index in [0.717, 1.165) is 12.8 Å². The van der Waals surface area contributed by atoms with Crippen molar-refractivity contribution in [3.8, 4) is 0 Å². The van der Waals surface area contributed by atoms with Crippen molar-refractivity contribution in [3.05, 3.63) is 22.8 Å². The molecule has 0 aliphatic heterocycles. The molecular weight excluding hydrogens is 280 g/mol. The van der Waals surface area contributed by atoms with E-state index in [9.17, 15) is 9.59 Å². The molecule has 22 heavy (non-hydrogen) atoms. The van der Waals surface area contributed by atoms with Crippen molar-refractivity contribution in [2.75, 3.05) is 7.11 Å². The van der Waals surface area contributed by atoms with Gasteiger partial charge in [0.25, 0.3) is 0 Å². The molecule has 3 atom stereocenters. The normalized spacial score (nSPS) is 28.1. The van der Waals surface area contributed by atoms with Crippen LogP contribution in [0.2, 0.25) is 0 Å². The molecule has 2 aliphatic rings. The monoisotopic (exact) mass is 306 g/mol. The van der Waals surface area contributed by atoms with Crippen LogP contribution in [0.15, 0.2) is 22.8 Å². The highest BCUT2D eigenvalue weighted by Gasteiger charge is 2.39. The van der Waals surface area contributed by atoms with Gasteiger partial charge in [0.15, 0.2) is 0 Å². The molecule has 0 heterocycles. The number of fused-ring (bicyclic) bond motifs is 1. The van der Waals surface area contributed by atoms with Crippen LogP contribution in [0.25, 0.3) is 0 Å². The van der Waals surface area contributed by atoms with Crippen LogP contribution >= 0.6 is 0 Å². The topological polar surface area (TPSA) is 52.6 Å². The van der Waals surface area contributed by atoms with E-state index < -0.39 is 12.1 Å². The molecule has 3 unspecified atom stereocenters. The molecule has 0 aromatic heterocycles.